The smallest absolute Gasteiger partial charge is 0.422 e. The van der Waals surface area contributed by atoms with Gasteiger partial charge in [-0.15, -0.1) is 0 Å². The number of ether oxygens (including phenoxy) is 2. The van der Waals surface area contributed by atoms with Crippen LogP contribution in [0.4, 0.5) is 18.0 Å². The molecule has 2 unspecified atom stereocenters. The number of benzene rings is 1. The fourth-order valence-electron chi connectivity index (χ4n) is 4.64. The third-order valence-corrected chi connectivity index (χ3v) is 9.72. The molecule has 0 spiro atoms. The summed E-state index contributed by atoms with van der Waals surface area (Å²) in [5, 5.41) is 12.9. The SMILES string of the molecule is CC(C)(C)OC(=O)NC1(C(=O)N2CC(S(=O)(=O)c3ccc(OCC(F)(F)F)cc3Cl)CC2C(=O)NC2(C#N)CC2)CC1. The minimum absolute atomic E-state index is 0.237. The van der Waals surface area contributed by atoms with Gasteiger partial charge in [-0.3, -0.25) is 9.59 Å². The average molecular weight is 635 g/mol. The van der Waals surface area contributed by atoms with E-state index in [2.05, 4.69) is 15.4 Å². The summed E-state index contributed by atoms with van der Waals surface area (Å²) >= 11 is 6.15. The average Bonchev–Trinajstić information content (AvgIpc) is 3.77. The number of likely N-dealkylation sites (tertiary alicyclic amines) is 1. The molecule has 1 aromatic carbocycles. The molecule has 2 atom stereocenters. The minimum atomic E-state index is -4.62. The third-order valence-electron chi connectivity index (χ3n) is 7.10. The number of rotatable bonds is 8. The minimum Gasteiger partial charge on any atom is -0.484 e. The number of carbonyl (C=O) groups is 3. The van der Waals surface area contributed by atoms with Gasteiger partial charge in [0.25, 0.3) is 0 Å². The van der Waals surface area contributed by atoms with Crippen molar-refractivity contribution in [2.45, 2.75) is 91.9 Å². The lowest BCUT2D eigenvalue weighted by Crippen LogP contribution is -2.56. The highest BCUT2D eigenvalue weighted by atomic mass is 35.5. The van der Waals surface area contributed by atoms with Crippen molar-refractivity contribution in [3.63, 3.8) is 0 Å². The van der Waals surface area contributed by atoms with E-state index in [1.165, 1.54) is 0 Å². The standard InChI is InChI=1S/C26H30ClF3N4O7S/c1-23(2,3)41-22(37)33-25(8-9-25)21(36)34-12-16(11-18(34)20(35)32-24(13-31)6-7-24)42(38,39)19-5-4-15(10-17(19)27)40-14-26(28,29)30/h4-5,10,16,18H,6-9,11-12,14H2,1-3H3,(H,32,35)(H,33,37). The van der Waals surface area contributed by atoms with E-state index in [4.69, 9.17) is 16.3 Å². The summed E-state index contributed by atoms with van der Waals surface area (Å²) in [6, 6.07) is 3.70. The van der Waals surface area contributed by atoms with Gasteiger partial charge < -0.3 is 25.0 Å². The number of alkyl carbamates (subject to hydrolysis) is 1. The van der Waals surface area contributed by atoms with Crippen molar-refractivity contribution in [1.29, 1.82) is 5.26 Å². The Morgan fingerprint density at radius 2 is 1.79 bits per heavy atom. The second kappa shape index (κ2) is 10.8. The Balaban J connectivity index is 1.58. The Morgan fingerprint density at radius 3 is 2.29 bits per heavy atom. The number of nitriles is 1. The number of alkyl halides is 3. The molecule has 3 aliphatic rings. The van der Waals surface area contributed by atoms with Crippen molar-refractivity contribution < 1.29 is 45.4 Å². The normalized spacial score (nSPS) is 22.5. The topological polar surface area (TPSA) is 155 Å². The number of hydrogen-bond acceptors (Lipinski definition) is 8. The van der Waals surface area contributed by atoms with Crippen LogP contribution in [0, 0.1) is 11.3 Å². The molecule has 1 aliphatic heterocycles. The van der Waals surface area contributed by atoms with E-state index in [-0.39, 0.29) is 25.0 Å². The van der Waals surface area contributed by atoms with E-state index in [0.29, 0.717) is 12.8 Å². The molecule has 16 heteroatoms. The van der Waals surface area contributed by atoms with Crippen molar-refractivity contribution in [1.82, 2.24) is 15.5 Å². The highest BCUT2D eigenvalue weighted by Crippen LogP contribution is 2.42. The van der Waals surface area contributed by atoms with Crippen LogP contribution in [0.25, 0.3) is 0 Å². The Bertz CT molecular complexity index is 1430. The van der Waals surface area contributed by atoms with Gasteiger partial charge in [-0.1, -0.05) is 11.6 Å². The summed E-state index contributed by atoms with van der Waals surface area (Å²) in [5.74, 6) is -1.68. The van der Waals surface area contributed by atoms with E-state index < -0.39 is 85.0 Å². The predicted molar refractivity (Wildman–Crippen MR) is 141 cm³/mol. The van der Waals surface area contributed by atoms with Crippen LogP contribution in [0.5, 0.6) is 5.75 Å². The number of hydrogen-bond donors (Lipinski definition) is 2. The molecule has 2 saturated carbocycles. The van der Waals surface area contributed by atoms with E-state index in [9.17, 15) is 41.2 Å². The summed E-state index contributed by atoms with van der Waals surface area (Å²) in [6.45, 7) is 2.91. The largest absolute Gasteiger partial charge is 0.484 e. The van der Waals surface area contributed by atoms with Gasteiger partial charge >= 0.3 is 12.3 Å². The molecule has 2 N–H and O–H groups in total. The van der Waals surface area contributed by atoms with E-state index >= 15 is 0 Å². The summed E-state index contributed by atoms with van der Waals surface area (Å²) in [6.07, 6.45) is -4.53. The molecule has 0 aromatic heterocycles. The Kier molecular flexibility index (Phi) is 8.14. The zero-order chi connectivity index (χ0) is 31.3. The molecule has 0 radical (unpaired) electrons. The number of sulfone groups is 1. The molecule has 4 rings (SSSR count). The molecule has 1 aromatic rings. The predicted octanol–water partition coefficient (Wildman–Crippen LogP) is 3.25. The first kappa shape index (κ1) is 31.7. The van der Waals surface area contributed by atoms with Crippen LogP contribution in [0.2, 0.25) is 5.02 Å². The number of carbonyl (C=O) groups excluding carboxylic acids is 3. The zero-order valence-corrected chi connectivity index (χ0v) is 24.6. The first-order chi connectivity index (χ1) is 19.3. The fourth-order valence-corrected chi connectivity index (χ4v) is 6.88. The van der Waals surface area contributed by atoms with Crippen LogP contribution in [-0.4, -0.2) is 78.5 Å². The molecule has 3 fully saturated rings. The monoisotopic (exact) mass is 634 g/mol. The van der Waals surface area contributed by atoms with Gasteiger partial charge in [0.1, 0.15) is 28.5 Å². The van der Waals surface area contributed by atoms with Gasteiger partial charge in [-0.05, 0) is 65.0 Å². The summed E-state index contributed by atoms with van der Waals surface area (Å²) in [5.41, 5.74) is -3.33. The van der Waals surface area contributed by atoms with Crippen LogP contribution in [-0.2, 0) is 24.2 Å². The van der Waals surface area contributed by atoms with Gasteiger partial charge in [0.2, 0.25) is 11.8 Å². The van der Waals surface area contributed by atoms with Crippen LogP contribution < -0.4 is 15.4 Å². The van der Waals surface area contributed by atoms with Crippen LogP contribution in [0.1, 0.15) is 52.9 Å². The molecule has 11 nitrogen and oxygen atoms in total. The second-order valence-corrected chi connectivity index (χ2v) is 14.4. The van der Waals surface area contributed by atoms with Crippen molar-refractivity contribution >= 4 is 39.3 Å². The van der Waals surface area contributed by atoms with Crippen molar-refractivity contribution in [3.8, 4) is 11.8 Å². The number of amides is 3. The summed E-state index contributed by atoms with van der Waals surface area (Å²) < 4.78 is 74.7. The van der Waals surface area contributed by atoms with Crippen LogP contribution in [0.3, 0.4) is 0 Å². The van der Waals surface area contributed by atoms with Crippen molar-refractivity contribution in [2.75, 3.05) is 13.2 Å². The quantitative estimate of drug-likeness (QED) is 0.442. The summed E-state index contributed by atoms with van der Waals surface area (Å²) in [7, 11) is -4.33. The summed E-state index contributed by atoms with van der Waals surface area (Å²) in [4.78, 5) is 40.2. The van der Waals surface area contributed by atoms with Gasteiger partial charge in [0, 0.05) is 12.6 Å². The molecule has 1 saturated heterocycles. The molecule has 42 heavy (non-hydrogen) atoms. The number of halogens is 4. The first-order valence-corrected chi connectivity index (χ1v) is 15.0. The Hall–Kier alpha value is -3.25. The van der Waals surface area contributed by atoms with Gasteiger partial charge in [-0.25, -0.2) is 13.2 Å². The zero-order valence-electron chi connectivity index (χ0n) is 23.0. The maximum absolute atomic E-state index is 13.8. The van der Waals surface area contributed by atoms with Gasteiger partial charge in [0.15, 0.2) is 16.4 Å². The number of nitrogens with one attached hydrogen (secondary N) is 2. The van der Waals surface area contributed by atoms with Crippen molar-refractivity contribution in [3.05, 3.63) is 23.2 Å². The third kappa shape index (κ3) is 7.03. The molecule has 2 aliphatic carbocycles. The maximum Gasteiger partial charge on any atom is 0.422 e. The van der Waals surface area contributed by atoms with E-state index in [0.717, 1.165) is 23.1 Å². The first-order valence-electron chi connectivity index (χ1n) is 13.1. The molecule has 1 heterocycles. The lowest BCUT2D eigenvalue weighted by Gasteiger charge is -2.30. The lowest BCUT2D eigenvalue weighted by atomic mass is 10.1. The molecular formula is C26H30ClF3N4O7S. The molecule has 230 valence electrons. The van der Waals surface area contributed by atoms with Crippen LogP contribution in [0.15, 0.2) is 23.1 Å². The van der Waals surface area contributed by atoms with E-state index in [1.54, 1.807) is 20.8 Å². The van der Waals surface area contributed by atoms with Crippen LogP contribution >= 0.6 is 11.6 Å². The second-order valence-electron chi connectivity index (χ2n) is 11.8. The Morgan fingerprint density at radius 1 is 1.14 bits per heavy atom. The lowest BCUT2D eigenvalue weighted by molar-refractivity contribution is -0.153. The number of nitrogens with zero attached hydrogens (tertiary/aromatic N) is 2. The molecular weight excluding hydrogens is 605 g/mol. The van der Waals surface area contributed by atoms with Gasteiger partial charge in [0.05, 0.1) is 21.2 Å². The Labute approximate surface area is 245 Å². The highest BCUT2D eigenvalue weighted by Gasteiger charge is 2.58. The van der Waals surface area contributed by atoms with E-state index in [1.807, 2.05) is 6.07 Å². The molecule has 0 bridgehead atoms. The maximum atomic E-state index is 13.8. The van der Waals surface area contributed by atoms with Crippen molar-refractivity contribution in [2.24, 2.45) is 0 Å². The fraction of sp³-hybridized carbons (Fsp3) is 0.615. The van der Waals surface area contributed by atoms with Gasteiger partial charge in [-0.2, -0.15) is 18.4 Å². The highest BCUT2D eigenvalue weighted by molar-refractivity contribution is 7.92. The molecule has 3 amide bonds.